The Morgan fingerprint density at radius 2 is 1.68 bits per heavy atom. The summed E-state index contributed by atoms with van der Waals surface area (Å²) < 4.78 is 0. The second-order valence-electron chi connectivity index (χ2n) is 7.54. The Bertz CT molecular complexity index is 1260. The summed E-state index contributed by atoms with van der Waals surface area (Å²) in [6, 6.07) is 21.8. The molecule has 4 rings (SSSR count). The van der Waals surface area contributed by atoms with Crippen LogP contribution in [0.4, 0.5) is 22.9 Å². The molecule has 0 atom stereocenters. The number of hydrogen-bond acceptors (Lipinski definition) is 5. The van der Waals surface area contributed by atoms with Crippen LogP contribution in [0.2, 0.25) is 0 Å². The van der Waals surface area contributed by atoms with Crippen LogP contribution in [-0.4, -0.2) is 9.97 Å². The molecular weight excluding hydrogens is 454 g/mol. The third kappa shape index (κ3) is 10.8. The van der Waals surface area contributed by atoms with Gasteiger partial charge in [0, 0.05) is 34.9 Å². The van der Waals surface area contributed by atoms with Gasteiger partial charge in [-0.3, -0.25) is 4.98 Å². The molecule has 2 heterocycles. The SMILES string of the molecule is C/C=C\C(=C/CC)Nc1cccc(N)c1.C=C.CC.Cc1ccnc(Nc2ccnc3ccccc23)c1. The lowest BCUT2D eigenvalue weighted by Crippen LogP contribution is -1.97. The van der Waals surface area contributed by atoms with Crippen molar-refractivity contribution in [3.8, 4) is 0 Å². The van der Waals surface area contributed by atoms with Crippen LogP contribution in [0.25, 0.3) is 10.9 Å². The number of anilines is 4. The number of rotatable bonds is 6. The molecule has 0 saturated carbocycles. The summed E-state index contributed by atoms with van der Waals surface area (Å²) in [5.41, 5.74) is 11.8. The lowest BCUT2D eigenvalue weighted by Gasteiger charge is -2.08. The number of nitrogens with zero attached hydrogens (tertiary/aromatic N) is 2. The van der Waals surface area contributed by atoms with Crippen LogP contribution in [0.1, 0.15) is 39.7 Å². The molecule has 4 aromatic rings. The summed E-state index contributed by atoms with van der Waals surface area (Å²) in [7, 11) is 0. The molecule has 5 nitrogen and oxygen atoms in total. The summed E-state index contributed by atoms with van der Waals surface area (Å²) in [4.78, 5) is 8.65. The predicted molar refractivity (Wildman–Crippen MR) is 164 cm³/mol. The van der Waals surface area contributed by atoms with E-state index in [0.717, 1.165) is 45.9 Å². The lowest BCUT2D eigenvalue weighted by atomic mass is 10.2. The van der Waals surface area contributed by atoms with Gasteiger partial charge in [0.1, 0.15) is 5.82 Å². The van der Waals surface area contributed by atoms with E-state index in [1.807, 2.05) is 93.6 Å². The van der Waals surface area contributed by atoms with Gasteiger partial charge in [0.25, 0.3) is 0 Å². The first-order valence-electron chi connectivity index (χ1n) is 12.6. The van der Waals surface area contributed by atoms with Crippen molar-refractivity contribution in [2.45, 2.75) is 41.0 Å². The van der Waals surface area contributed by atoms with Crippen molar-refractivity contribution in [1.29, 1.82) is 0 Å². The van der Waals surface area contributed by atoms with E-state index in [-0.39, 0.29) is 0 Å². The van der Waals surface area contributed by atoms with E-state index in [9.17, 15) is 0 Å². The van der Waals surface area contributed by atoms with Crippen molar-refractivity contribution in [2.75, 3.05) is 16.4 Å². The number of para-hydroxylation sites is 1. The first-order chi connectivity index (χ1) is 18.1. The first-order valence-corrected chi connectivity index (χ1v) is 12.6. The number of hydrogen-bond donors (Lipinski definition) is 3. The fourth-order valence-corrected chi connectivity index (χ4v) is 3.29. The molecule has 0 bridgehead atoms. The molecule has 194 valence electrons. The van der Waals surface area contributed by atoms with Crippen molar-refractivity contribution in [3.63, 3.8) is 0 Å². The van der Waals surface area contributed by atoms with Gasteiger partial charge in [0.15, 0.2) is 0 Å². The zero-order valence-electron chi connectivity index (χ0n) is 22.8. The number of fused-ring (bicyclic) bond motifs is 1. The number of nitrogens with two attached hydrogens (primary N) is 1. The van der Waals surface area contributed by atoms with Crippen LogP contribution in [-0.2, 0) is 0 Å². The van der Waals surface area contributed by atoms with E-state index < -0.39 is 0 Å². The van der Waals surface area contributed by atoms with Gasteiger partial charge in [-0.25, -0.2) is 4.98 Å². The Morgan fingerprint density at radius 3 is 2.35 bits per heavy atom. The second-order valence-corrected chi connectivity index (χ2v) is 7.54. The average Bonchev–Trinajstić information content (AvgIpc) is 2.92. The number of aromatic nitrogens is 2. The molecule has 0 saturated heterocycles. The standard InChI is InChI=1S/C15H13N3.C13H18N2.C2H6.C2H4/c1-11-6-8-17-15(10-11)18-14-7-9-16-13-5-3-2-4-12(13)14;1-3-6-12(7-4-2)15-13-9-5-8-11(14)10-13;2*1-2/h2-10H,1H3,(H,16,17,18);3,5-10,15H,4,14H2,1-2H3;1-2H3;1-2H2/b;6-3-,12-7+;;. The zero-order valence-corrected chi connectivity index (χ0v) is 22.8. The summed E-state index contributed by atoms with van der Waals surface area (Å²) in [5.74, 6) is 0.853. The topological polar surface area (TPSA) is 75.9 Å². The fraction of sp³-hybridized carbons (Fsp3) is 0.188. The van der Waals surface area contributed by atoms with Gasteiger partial charge in [0.2, 0.25) is 0 Å². The van der Waals surface area contributed by atoms with E-state index in [0.29, 0.717) is 0 Å². The quantitative estimate of drug-likeness (QED) is 0.141. The highest BCUT2D eigenvalue weighted by Crippen LogP contribution is 2.24. The van der Waals surface area contributed by atoms with E-state index in [2.05, 4.69) is 59.7 Å². The lowest BCUT2D eigenvalue weighted by molar-refractivity contribution is 1.20. The molecule has 4 N–H and O–H groups in total. The molecule has 2 aromatic carbocycles. The molecule has 0 aliphatic carbocycles. The molecule has 2 aromatic heterocycles. The molecule has 0 amide bonds. The van der Waals surface area contributed by atoms with Crippen LogP contribution in [0.5, 0.6) is 0 Å². The fourth-order valence-electron chi connectivity index (χ4n) is 3.29. The molecule has 5 heteroatoms. The molecule has 0 aliphatic rings. The van der Waals surface area contributed by atoms with Crippen LogP contribution in [0.3, 0.4) is 0 Å². The Morgan fingerprint density at radius 1 is 0.946 bits per heavy atom. The van der Waals surface area contributed by atoms with E-state index in [1.165, 1.54) is 5.56 Å². The normalized spacial score (nSPS) is 10.2. The van der Waals surface area contributed by atoms with Gasteiger partial charge in [-0.2, -0.15) is 0 Å². The van der Waals surface area contributed by atoms with Crippen LogP contribution in [0.15, 0.2) is 116 Å². The van der Waals surface area contributed by atoms with E-state index in [4.69, 9.17) is 5.73 Å². The van der Waals surface area contributed by atoms with Crippen molar-refractivity contribution >= 4 is 33.8 Å². The largest absolute Gasteiger partial charge is 0.399 e. The highest BCUT2D eigenvalue weighted by atomic mass is 15.0. The molecule has 0 spiro atoms. The van der Waals surface area contributed by atoms with Crippen LogP contribution >= 0.6 is 0 Å². The highest BCUT2D eigenvalue weighted by molar-refractivity contribution is 5.92. The maximum atomic E-state index is 5.70. The minimum Gasteiger partial charge on any atom is -0.399 e. The molecule has 37 heavy (non-hydrogen) atoms. The van der Waals surface area contributed by atoms with E-state index >= 15 is 0 Å². The third-order valence-corrected chi connectivity index (χ3v) is 4.77. The number of aryl methyl sites for hydroxylation is 1. The second kappa shape index (κ2) is 18.0. The molecule has 0 unspecified atom stereocenters. The summed E-state index contributed by atoms with van der Waals surface area (Å²) in [5, 5.41) is 7.75. The van der Waals surface area contributed by atoms with Crippen molar-refractivity contribution < 1.29 is 0 Å². The number of pyridine rings is 2. The van der Waals surface area contributed by atoms with Gasteiger partial charge >= 0.3 is 0 Å². The van der Waals surface area contributed by atoms with Gasteiger partial charge in [-0.15, -0.1) is 13.2 Å². The van der Waals surface area contributed by atoms with Gasteiger partial charge < -0.3 is 16.4 Å². The summed E-state index contributed by atoms with van der Waals surface area (Å²) in [6.45, 7) is 16.2. The van der Waals surface area contributed by atoms with Crippen molar-refractivity contribution in [2.24, 2.45) is 0 Å². The maximum Gasteiger partial charge on any atom is 0.130 e. The van der Waals surface area contributed by atoms with Crippen molar-refractivity contribution in [3.05, 3.63) is 122 Å². The highest BCUT2D eigenvalue weighted by Gasteiger charge is 2.02. The monoisotopic (exact) mass is 495 g/mol. The maximum absolute atomic E-state index is 5.70. The number of nitrogens with one attached hydrogen (secondary N) is 2. The third-order valence-electron chi connectivity index (χ3n) is 4.77. The average molecular weight is 496 g/mol. The number of nitrogen functional groups attached to an aromatic ring is 1. The Hall–Kier alpha value is -4.38. The molecule has 0 radical (unpaired) electrons. The van der Waals surface area contributed by atoms with Gasteiger partial charge in [0.05, 0.1) is 11.2 Å². The zero-order chi connectivity index (χ0) is 27.5. The Kier molecular flexibility index (Phi) is 14.9. The van der Waals surface area contributed by atoms with Gasteiger partial charge in [-0.1, -0.05) is 57.2 Å². The predicted octanol–water partition coefficient (Wildman–Crippen LogP) is 9.06. The Balaban J connectivity index is 0.000000331. The minimum absolute atomic E-state index is 0.774. The summed E-state index contributed by atoms with van der Waals surface area (Å²) in [6.07, 6.45) is 10.8. The molecule has 0 fully saturated rings. The Labute approximate surface area is 222 Å². The summed E-state index contributed by atoms with van der Waals surface area (Å²) >= 11 is 0. The first kappa shape index (κ1) is 30.7. The van der Waals surface area contributed by atoms with Gasteiger partial charge in [-0.05, 0) is 74.4 Å². The van der Waals surface area contributed by atoms with Crippen LogP contribution < -0.4 is 16.4 Å². The molecule has 0 aliphatic heterocycles. The smallest absolute Gasteiger partial charge is 0.130 e. The van der Waals surface area contributed by atoms with Crippen molar-refractivity contribution in [1.82, 2.24) is 9.97 Å². The number of benzene rings is 2. The number of allylic oxidation sites excluding steroid dienone is 3. The van der Waals surface area contributed by atoms with E-state index in [1.54, 1.807) is 12.4 Å². The van der Waals surface area contributed by atoms with Crippen LogP contribution in [0, 0.1) is 6.92 Å². The molecular formula is C32H41N5. The minimum atomic E-state index is 0.774.